The van der Waals surface area contributed by atoms with E-state index >= 15 is 0 Å². The molecule has 3 unspecified atom stereocenters. The maximum absolute atomic E-state index is 3.87. The fraction of sp³-hybridized carbons (Fsp3) is 1.00. The van der Waals surface area contributed by atoms with Crippen LogP contribution in [0.15, 0.2) is 0 Å². The SMILES string of the molecule is CCCNC(CC1CCCC1)C1CCCC1C. The molecule has 2 saturated carbocycles. The third kappa shape index (κ3) is 3.71. The van der Waals surface area contributed by atoms with Gasteiger partial charge in [0.05, 0.1) is 0 Å². The molecular weight excluding hydrogens is 206 g/mol. The van der Waals surface area contributed by atoms with E-state index in [-0.39, 0.29) is 0 Å². The smallest absolute Gasteiger partial charge is 0.0100 e. The van der Waals surface area contributed by atoms with Crippen molar-refractivity contribution in [3.05, 3.63) is 0 Å². The first-order valence-electron chi connectivity index (χ1n) is 8.04. The second kappa shape index (κ2) is 6.78. The first-order chi connectivity index (χ1) is 8.31. The predicted octanol–water partition coefficient (Wildman–Crippen LogP) is 4.37. The first-order valence-corrected chi connectivity index (χ1v) is 8.04. The lowest BCUT2D eigenvalue weighted by molar-refractivity contribution is 0.253. The highest BCUT2D eigenvalue weighted by molar-refractivity contribution is 4.87. The van der Waals surface area contributed by atoms with Gasteiger partial charge in [0.15, 0.2) is 0 Å². The zero-order valence-electron chi connectivity index (χ0n) is 11.9. The zero-order chi connectivity index (χ0) is 12.1. The van der Waals surface area contributed by atoms with Gasteiger partial charge in [-0.15, -0.1) is 0 Å². The van der Waals surface area contributed by atoms with Crippen LogP contribution < -0.4 is 5.32 Å². The van der Waals surface area contributed by atoms with Gasteiger partial charge in [0.25, 0.3) is 0 Å². The van der Waals surface area contributed by atoms with Crippen molar-refractivity contribution in [2.24, 2.45) is 17.8 Å². The van der Waals surface area contributed by atoms with Crippen molar-refractivity contribution >= 4 is 0 Å². The van der Waals surface area contributed by atoms with E-state index < -0.39 is 0 Å². The van der Waals surface area contributed by atoms with Crippen LogP contribution in [-0.4, -0.2) is 12.6 Å². The normalized spacial score (nSPS) is 32.1. The van der Waals surface area contributed by atoms with Crippen LogP contribution in [0.2, 0.25) is 0 Å². The van der Waals surface area contributed by atoms with E-state index in [1.807, 2.05) is 0 Å². The summed E-state index contributed by atoms with van der Waals surface area (Å²) in [6, 6.07) is 0.829. The zero-order valence-corrected chi connectivity index (χ0v) is 11.9. The molecule has 1 nitrogen and oxygen atoms in total. The summed E-state index contributed by atoms with van der Waals surface area (Å²) < 4.78 is 0. The molecule has 0 spiro atoms. The van der Waals surface area contributed by atoms with Crippen LogP contribution in [0.25, 0.3) is 0 Å². The molecule has 1 N–H and O–H groups in total. The quantitative estimate of drug-likeness (QED) is 0.723. The number of hydrogen-bond donors (Lipinski definition) is 1. The number of nitrogens with one attached hydrogen (secondary N) is 1. The van der Waals surface area contributed by atoms with Crippen molar-refractivity contribution in [2.45, 2.75) is 77.7 Å². The molecule has 2 rings (SSSR count). The summed E-state index contributed by atoms with van der Waals surface area (Å²) >= 11 is 0. The average Bonchev–Trinajstić information content (AvgIpc) is 2.95. The molecule has 100 valence electrons. The van der Waals surface area contributed by atoms with Gasteiger partial charge < -0.3 is 5.32 Å². The van der Waals surface area contributed by atoms with Gasteiger partial charge in [-0.2, -0.15) is 0 Å². The molecule has 2 aliphatic carbocycles. The Balaban J connectivity index is 1.86. The van der Waals surface area contributed by atoms with E-state index in [9.17, 15) is 0 Å². The van der Waals surface area contributed by atoms with Crippen molar-refractivity contribution in [1.82, 2.24) is 5.32 Å². The Morgan fingerprint density at radius 2 is 1.82 bits per heavy atom. The molecule has 17 heavy (non-hydrogen) atoms. The molecule has 0 bridgehead atoms. The second-order valence-corrected chi connectivity index (χ2v) is 6.52. The maximum Gasteiger partial charge on any atom is 0.0100 e. The molecule has 0 aromatic heterocycles. The highest BCUT2D eigenvalue weighted by Gasteiger charge is 2.32. The van der Waals surface area contributed by atoms with Crippen molar-refractivity contribution in [1.29, 1.82) is 0 Å². The van der Waals surface area contributed by atoms with Crippen molar-refractivity contribution in [2.75, 3.05) is 6.54 Å². The van der Waals surface area contributed by atoms with Crippen LogP contribution in [0.4, 0.5) is 0 Å². The first kappa shape index (κ1) is 13.4. The standard InChI is InChI=1S/C16H31N/c1-3-11-17-16(12-14-8-4-5-9-14)15-10-6-7-13(15)2/h13-17H,3-12H2,1-2H3. The minimum absolute atomic E-state index is 0.829. The summed E-state index contributed by atoms with van der Waals surface area (Å²) in [5.74, 6) is 2.98. The maximum atomic E-state index is 3.87. The van der Waals surface area contributed by atoms with E-state index in [4.69, 9.17) is 0 Å². The lowest BCUT2D eigenvalue weighted by atomic mass is 9.84. The van der Waals surface area contributed by atoms with Gasteiger partial charge in [-0.05, 0) is 43.6 Å². The van der Waals surface area contributed by atoms with Crippen LogP contribution in [-0.2, 0) is 0 Å². The third-order valence-corrected chi connectivity index (χ3v) is 5.16. The summed E-state index contributed by atoms with van der Waals surface area (Å²) in [5.41, 5.74) is 0. The van der Waals surface area contributed by atoms with E-state index in [1.165, 1.54) is 64.3 Å². The number of hydrogen-bond acceptors (Lipinski definition) is 1. The van der Waals surface area contributed by atoms with Gasteiger partial charge in [-0.1, -0.05) is 52.4 Å². The molecule has 0 amide bonds. The predicted molar refractivity (Wildman–Crippen MR) is 75.2 cm³/mol. The van der Waals surface area contributed by atoms with Crippen molar-refractivity contribution in [3.8, 4) is 0 Å². The van der Waals surface area contributed by atoms with E-state index in [0.717, 1.165) is 23.8 Å². The van der Waals surface area contributed by atoms with Crippen LogP contribution >= 0.6 is 0 Å². The Kier molecular flexibility index (Phi) is 5.34. The van der Waals surface area contributed by atoms with Crippen LogP contribution in [0.1, 0.15) is 71.6 Å². The molecule has 0 aromatic carbocycles. The lowest BCUT2D eigenvalue weighted by Gasteiger charge is -2.30. The second-order valence-electron chi connectivity index (χ2n) is 6.52. The van der Waals surface area contributed by atoms with E-state index in [0.29, 0.717) is 0 Å². The molecule has 1 heteroatoms. The molecule has 2 fully saturated rings. The topological polar surface area (TPSA) is 12.0 Å². The molecular formula is C16H31N. The average molecular weight is 237 g/mol. The van der Waals surface area contributed by atoms with Gasteiger partial charge in [-0.3, -0.25) is 0 Å². The molecule has 0 aliphatic heterocycles. The van der Waals surface area contributed by atoms with Crippen LogP contribution in [0.5, 0.6) is 0 Å². The molecule has 0 saturated heterocycles. The van der Waals surface area contributed by atoms with Gasteiger partial charge in [-0.25, -0.2) is 0 Å². The molecule has 0 heterocycles. The third-order valence-electron chi connectivity index (χ3n) is 5.16. The van der Waals surface area contributed by atoms with Gasteiger partial charge >= 0.3 is 0 Å². The Labute approximate surface area is 108 Å². The minimum atomic E-state index is 0.829. The molecule has 0 radical (unpaired) electrons. The summed E-state index contributed by atoms with van der Waals surface area (Å²) in [7, 11) is 0. The Morgan fingerprint density at radius 3 is 2.41 bits per heavy atom. The summed E-state index contributed by atoms with van der Waals surface area (Å²) in [6.07, 6.45) is 13.2. The summed E-state index contributed by atoms with van der Waals surface area (Å²) in [6.45, 7) is 5.99. The molecule has 0 aromatic rings. The Bertz CT molecular complexity index is 208. The van der Waals surface area contributed by atoms with E-state index in [2.05, 4.69) is 19.2 Å². The van der Waals surface area contributed by atoms with Gasteiger partial charge in [0.1, 0.15) is 0 Å². The summed E-state index contributed by atoms with van der Waals surface area (Å²) in [4.78, 5) is 0. The summed E-state index contributed by atoms with van der Waals surface area (Å²) in [5, 5.41) is 3.87. The fourth-order valence-electron chi connectivity index (χ4n) is 4.12. The highest BCUT2D eigenvalue weighted by Crippen LogP contribution is 2.38. The fourth-order valence-corrected chi connectivity index (χ4v) is 4.12. The van der Waals surface area contributed by atoms with E-state index in [1.54, 1.807) is 0 Å². The molecule has 3 atom stereocenters. The van der Waals surface area contributed by atoms with Crippen LogP contribution in [0, 0.1) is 17.8 Å². The monoisotopic (exact) mass is 237 g/mol. The highest BCUT2D eigenvalue weighted by atomic mass is 14.9. The van der Waals surface area contributed by atoms with Crippen LogP contribution in [0.3, 0.4) is 0 Å². The Hall–Kier alpha value is -0.0400. The van der Waals surface area contributed by atoms with Gasteiger partial charge in [0.2, 0.25) is 0 Å². The Morgan fingerprint density at radius 1 is 1.06 bits per heavy atom. The molecule has 2 aliphatic rings. The van der Waals surface area contributed by atoms with Crippen molar-refractivity contribution in [3.63, 3.8) is 0 Å². The minimum Gasteiger partial charge on any atom is -0.314 e. The largest absolute Gasteiger partial charge is 0.314 e. The van der Waals surface area contributed by atoms with Crippen molar-refractivity contribution < 1.29 is 0 Å². The lowest BCUT2D eigenvalue weighted by Crippen LogP contribution is -2.39. The van der Waals surface area contributed by atoms with Gasteiger partial charge in [0, 0.05) is 6.04 Å². The number of rotatable bonds is 6.